The smallest absolute Gasteiger partial charge is 0.113 e. The Kier molecular flexibility index (Phi) is 1.91. The number of aliphatic hydroxyl groups is 1. The summed E-state index contributed by atoms with van der Waals surface area (Å²) in [6.45, 7) is 4.15. The molecule has 3 atom stereocenters. The first-order valence-corrected chi connectivity index (χ1v) is 5.66. The predicted octanol–water partition coefficient (Wildman–Crippen LogP) is 1.85. The van der Waals surface area contributed by atoms with Gasteiger partial charge in [0, 0.05) is 18.5 Å². The molecule has 1 saturated carbocycles. The Morgan fingerprint density at radius 1 is 1.40 bits per heavy atom. The molecule has 0 radical (unpaired) electrons. The lowest BCUT2D eigenvalue weighted by atomic mass is 10.1. The highest BCUT2D eigenvalue weighted by atomic mass is 16.3. The summed E-state index contributed by atoms with van der Waals surface area (Å²) in [4.78, 5) is 2.20. The maximum absolute atomic E-state index is 10.1. The molecule has 1 aliphatic heterocycles. The van der Waals surface area contributed by atoms with Crippen molar-refractivity contribution in [2.24, 2.45) is 11.3 Å². The number of rotatable bonds is 2. The molecule has 3 unspecified atom stereocenters. The van der Waals surface area contributed by atoms with Crippen molar-refractivity contribution in [3.05, 3.63) is 35.9 Å². The van der Waals surface area contributed by atoms with Crippen LogP contribution in [0.1, 0.15) is 18.9 Å². The Morgan fingerprint density at radius 3 is 2.73 bits per heavy atom. The van der Waals surface area contributed by atoms with E-state index in [4.69, 9.17) is 0 Å². The fraction of sp³-hybridized carbons (Fsp3) is 0.538. The summed E-state index contributed by atoms with van der Waals surface area (Å²) in [6, 6.07) is 10.4. The molecule has 1 aromatic carbocycles. The van der Waals surface area contributed by atoms with Crippen molar-refractivity contribution in [3.63, 3.8) is 0 Å². The number of aliphatic hydroxyl groups excluding tert-OH is 1. The van der Waals surface area contributed by atoms with Gasteiger partial charge in [-0.05, 0) is 17.9 Å². The minimum atomic E-state index is -0.234. The molecule has 1 saturated heterocycles. The monoisotopic (exact) mass is 203 g/mol. The summed E-state index contributed by atoms with van der Waals surface area (Å²) < 4.78 is 0. The second-order valence-corrected chi connectivity index (χ2v) is 5.20. The van der Waals surface area contributed by atoms with Gasteiger partial charge in [0.25, 0.3) is 0 Å². The van der Waals surface area contributed by atoms with Crippen LogP contribution in [-0.4, -0.2) is 22.8 Å². The number of fused-ring (bicyclic) bond motifs is 1. The van der Waals surface area contributed by atoms with Crippen molar-refractivity contribution in [3.8, 4) is 0 Å². The Balaban J connectivity index is 1.71. The summed E-state index contributed by atoms with van der Waals surface area (Å²) in [5, 5.41) is 10.1. The van der Waals surface area contributed by atoms with E-state index < -0.39 is 0 Å². The average molecular weight is 203 g/mol. The van der Waals surface area contributed by atoms with Crippen LogP contribution in [0.2, 0.25) is 0 Å². The first-order valence-electron chi connectivity index (χ1n) is 5.66. The SMILES string of the molecule is CC12CC1CN(Cc1ccccc1)C2O. The van der Waals surface area contributed by atoms with Crippen molar-refractivity contribution in [2.75, 3.05) is 6.54 Å². The lowest BCUT2D eigenvalue weighted by Crippen LogP contribution is -2.35. The molecule has 2 aliphatic rings. The lowest BCUT2D eigenvalue weighted by molar-refractivity contribution is -0.0184. The van der Waals surface area contributed by atoms with E-state index in [2.05, 4.69) is 36.1 Å². The van der Waals surface area contributed by atoms with Crippen LogP contribution < -0.4 is 0 Å². The molecular weight excluding hydrogens is 186 g/mol. The van der Waals surface area contributed by atoms with Gasteiger partial charge in [0.15, 0.2) is 0 Å². The van der Waals surface area contributed by atoms with Gasteiger partial charge in [-0.3, -0.25) is 4.90 Å². The summed E-state index contributed by atoms with van der Waals surface area (Å²) in [6.07, 6.45) is 0.974. The normalized spacial score (nSPS) is 39.1. The van der Waals surface area contributed by atoms with Crippen molar-refractivity contribution in [1.29, 1.82) is 0 Å². The molecular formula is C13H17NO. The Labute approximate surface area is 90.5 Å². The summed E-state index contributed by atoms with van der Waals surface area (Å²) in [5.74, 6) is 0.733. The molecule has 15 heavy (non-hydrogen) atoms. The molecule has 80 valence electrons. The minimum Gasteiger partial charge on any atom is -0.378 e. The molecule has 1 aromatic rings. The van der Waals surface area contributed by atoms with E-state index in [0.29, 0.717) is 0 Å². The summed E-state index contributed by atoms with van der Waals surface area (Å²) in [5.41, 5.74) is 1.50. The van der Waals surface area contributed by atoms with E-state index in [1.54, 1.807) is 0 Å². The zero-order chi connectivity index (χ0) is 10.5. The fourth-order valence-corrected chi connectivity index (χ4v) is 2.83. The average Bonchev–Trinajstić information content (AvgIpc) is 2.84. The molecule has 1 heterocycles. The number of piperidine rings is 1. The molecule has 0 spiro atoms. The maximum Gasteiger partial charge on any atom is 0.113 e. The minimum absolute atomic E-state index is 0.203. The van der Waals surface area contributed by atoms with Gasteiger partial charge >= 0.3 is 0 Å². The van der Waals surface area contributed by atoms with E-state index >= 15 is 0 Å². The van der Waals surface area contributed by atoms with Gasteiger partial charge in [-0.2, -0.15) is 0 Å². The zero-order valence-electron chi connectivity index (χ0n) is 9.06. The zero-order valence-corrected chi connectivity index (χ0v) is 9.06. The van der Waals surface area contributed by atoms with Crippen molar-refractivity contribution < 1.29 is 5.11 Å². The van der Waals surface area contributed by atoms with Crippen LogP contribution in [0.15, 0.2) is 30.3 Å². The van der Waals surface area contributed by atoms with Gasteiger partial charge in [0.2, 0.25) is 0 Å². The molecule has 2 nitrogen and oxygen atoms in total. The number of benzene rings is 1. The highest BCUT2D eigenvalue weighted by Crippen LogP contribution is 2.60. The van der Waals surface area contributed by atoms with E-state index in [0.717, 1.165) is 19.0 Å². The molecule has 1 N–H and O–H groups in total. The van der Waals surface area contributed by atoms with Crippen LogP contribution in [-0.2, 0) is 6.54 Å². The first-order chi connectivity index (χ1) is 7.20. The molecule has 1 aliphatic carbocycles. The van der Waals surface area contributed by atoms with Gasteiger partial charge in [-0.1, -0.05) is 37.3 Å². The van der Waals surface area contributed by atoms with Crippen molar-refractivity contribution >= 4 is 0 Å². The Morgan fingerprint density at radius 2 is 2.13 bits per heavy atom. The second-order valence-electron chi connectivity index (χ2n) is 5.20. The topological polar surface area (TPSA) is 23.5 Å². The van der Waals surface area contributed by atoms with Crippen LogP contribution in [0.5, 0.6) is 0 Å². The number of likely N-dealkylation sites (tertiary alicyclic amines) is 1. The molecule has 2 fully saturated rings. The van der Waals surface area contributed by atoms with Crippen molar-refractivity contribution in [1.82, 2.24) is 4.90 Å². The molecule has 3 rings (SSSR count). The van der Waals surface area contributed by atoms with Crippen LogP contribution in [0.25, 0.3) is 0 Å². The summed E-state index contributed by atoms with van der Waals surface area (Å²) >= 11 is 0. The largest absolute Gasteiger partial charge is 0.378 e. The van der Waals surface area contributed by atoms with Crippen LogP contribution in [0.3, 0.4) is 0 Å². The lowest BCUT2D eigenvalue weighted by Gasteiger charge is -2.25. The van der Waals surface area contributed by atoms with Crippen LogP contribution in [0.4, 0.5) is 0 Å². The third-order valence-electron chi connectivity index (χ3n) is 4.08. The third kappa shape index (κ3) is 1.40. The number of hydrogen-bond donors (Lipinski definition) is 1. The van der Waals surface area contributed by atoms with Gasteiger partial charge in [-0.25, -0.2) is 0 Å². The fourth-order valence-electron chi connectivity index (χ4n) is 2.83. The van der Waals surface area contributed by atoms with Crippen LogP contribution >= 0.6 is 0 Å². The highest BCUT2D eigenvalue weighted by molar-refractivity contribution is 5.17. The van der Waals surface area contributed by atoms with E-state index in [-0.39, 0.29) is 11.6 Å². The maximum atomic E-state index is 10.1. The van der Waals surface area contributed by atoms with E-state index in [1.807, 2.05) is 6.07 Å². The molecule has 0 aromatic heterocycles. The van der Waals surface area contributed by atoms with Gasteiger partial charge in [0.05, 0.1) is 0 Å². The first kappa shape index (κ1) is 9.37. The van der Waals surface area contributed by atoms with Gasteiger partial charge in [-0.15, -0.1) is 0 Å². The molecule has 0 amide bonds. The van der Waals surface area contributed by atoms with Crippen molar-refractivity contribution in [2.45, 2.75) is 26.1 Å². The van der Waals surface area contributed by atoms with Gasteiger partial charge < -0.3 is 5.11 Å². The Bertz CT molecular complexity index is 364. The van der Waals surface area contributed by atoms with Gasteiger partial charge in [0.1, 0.15) is 6.23 Å². The molecule has 0 bridgehead atoms. The molecule has 2 heteroatoms. The number of nitrogens with zero attached hydrogens (tertiary/aromatic N) is 1. The van der Waals surface area contributed by atoms with E-state index in [1.165, 1.54) is 12.0 Å². The standard InChI is InChI=1S/C13H17NO/c1-13-7-11(13)9-14(12(13)15)8-10-5-3-2-4-6-10/h2-6,11-12,15H,7-9H2,1H3. The quantitative estimate of drug-likeness (QED) is 0.793. The Hall–Kier alpha value is -0.860. The second kappa shape index (κ2) is 3.06. The van der Waals surface area contributed by atoms with E-state index in [9.17, 15) is 5.11 Å². The predicted molar refractivity (Wildman–Crippen MR) is 59.1 cm³/mol. The highest BCUT2D eigenvalue weighted by Gasteiger charge is 2.62. The van der Waals surface area contributed by atoms with Crippen LogP contribution in [0, 0.1) is 11.3 Å². The third-order valence-corrected chi connectivity index (χ3v) is 4.08. The summed E-state index contributed by atoms with van der Waals surface area (Å²) in [7, 11) is 0. The number of hydrogen-bond acceptors (Lipinski definition) is 2.